The van der Waals surface area contributed by atoms with Crippen LogP contribution in [0.4, 0.5) is 0 Å². The van der Waals surface area contributed by atoms with E-state index in [0.29, 0.717) is 25.8 Å². The van der Waals surface area contributed by atoms with Gasteiger partial charge in [-0.1, -0.05) is 25.0 Å². The number of sulfonamides is 1. The molecule has 1 saturated carbocycles. The Morgan fingerprint density at radius 3 is 2.63 bits per heavy atom. The van der Waals surface area contributed by atoms with Crippen molar-refractivity contribution in [3.8, 4) is 5.75 Å². The molecule has 1 aliphatic heterocycles. The van der Waals surface area contributed by atoms with Gasteiger partial charge in [-0.05, 0) is 44.2 Å². The average Bonchev–Trinajstić information content (AvgIpc) is 3.29. The molecule has 168 valence electrons. The van der Waals surface area contributed by atoms with Crippen molar-refractivity contribution in [3.63, 3.8) is 0 Å². The van der Waals surface area contributed by atoms with Crippen molar-refractivity contribution < 1.29 is 27.8 Å². The molecule has 1 heterocycles. The quantitative estimate of drug-likeness (QED) is 0.537. The third-order valence-electron chi connectivity index (χ3n) is 5.95. The summed E-state index contributed by atoms with van der Waals surface area (Å²) in [4.78, 5) is 12.2. The molecule has 30 heavy (non-hydrogen) atoms. The predicted molar refractivity (Wildman–Crippen MR) is 112 cm³/mol. The number of para-hydroxylation sites is 1. The van der Waals surface area contributed by atoms with Crippen LogP contribution < -0.4 is 14.8 Å². The topological polar surface area (TPSA) is 114 Å². The van der Waals surface area contributed by atoms with Crippen LogP contribution in [0.25, 0.3) is 0 Å². The maximum Gasteiger partial charge on any atom is 0.244 e. The molecule has 0 aromatic heterocycles. The van der Waals surface area contributed by atoms with E-state index in [4.69, 9.17) is 9.47 Å². The molecule has 0 radical (unpaired) electrons. The molecule has 1 aromatic carbocycles. The summed E-state index contributed by atoms with van der Waals surface area (Å²) in [6.45, 7) is 0.236. The lowest BCUT2D eigenvalue weighted by atomic mass is 9.98. The third-order valence-corrected chi connectivity index (χ3v) is 7.48. The van der Waals surface area contributed by atoms with Crippen LogP contribution in [0.3, 0.4) is 0 Å². The number of amides is 1. The highest BCUT2D eigenvalue weighted by atomic mass is 32.2. The lowest BCUT2D eigenvalue weighted by Gasteiger charge is -2.36. The van der Waals surface area contributed by atoms with Gasteiger partial charge in [-0.3, -0.25) is 4.79 Å². The number of aliphatic hydroxyl groups excluding tert-OH is 1. The fraction of sp³-hybridized carbons (Fsp3) is 0.667. The molecule has 9 heteroatoms. The highest BCUT2D eigenvalue weighted by Gasteiger charge is 2.34. The van der Waals surface area contributed by atoms with Gasteiger partial charge in [0.2, 0.25) is 15.9 Å². The normalized spacial score (nSPS) is 25.2. The van der Waals surface area contributed by atoms with Crippen molar-refractivity contribution >= 4 is 15.9 Å². The van der Waals surface area contributed by atoms with Crippen molar-refractivity contribution in [2.45, 2.75) is 68.1 Å². The molecule has 0 unspecified atom stereocenters. The highest BCUT2D eigenvalue weighted by Crippen LogP contribution is 2.27. The number of ether oxygens (including phenoxy) is 2. The molecule has 2 fully saturated rings. The van der Waals surface area contributed by atoms with Crippen LogP contribution in [0.15, 0.2) is 29.2 Å². The number of benzene rings is 1. The van der Waals surface area contributed by atoms with Crippen molar-refractivity contribution in [1.29, 1.82) is 0 Å². The summed E-state index contributed by atoms with van der Waals surface area (Å²) in [5.74, 6) is 0.513. The van der Waals surface area contributed by atoms with E-state index in [1.165, 1.54) is 13.2 Å². The first-order chi connectivity index (χ1) is 14.4. The minimum Gasteiger partial charge on any atom is -0.495 e. The minimum atomic E-state index is -3.82. The van der Waals surface area contributed by atoms with Crippen LogP contribution in [-0.4, -0.2) is 57.9 Å². The molecular weight excluding hydrogens is 408 g/mol. The highest BCUT2D eigenvalue weighted by molar-refractivity contribution is 7.89. The zero-order chi connectivity index (χ0) is 21.6. The van der Waals surface area contributed by atoms with Gasteiger partial charge in [-0.15, -0.1) is 0 Å². The van der Waals surface area contributed by atoms with E-state index >= 15 is 0 Å². The number of rotatable bonds is 9. The Bertz CT molecular complexity index is 809. The van der Waals surface area contributed by atoms with Crippen LogP contribution in [0, 0.1) is 5.92 Å². The Morgan fingerprint density at radius 1 is 1.20 bits per heavy atom. The monoisotopic (exact) mass is 440 g/mol. The maximum atomic E-state index is 12.8. The van der Waals surface area contributed by atoms with Gasteiger partial charge >= 0.3 is 0 Å². The fourth-order valence-electron chi connectivity index (χ4n) is 4.27. The number of carbonyl (C=O) groups is 1. The first-order valence-electron chi connectivity index (χ1n) is 10.6. The molecule has 8 nitrogen and oxygen atoms in total. The van der Waals surface area contributed by atoms with Crippen molar-refractivity contribution in [2.75, 3.05) is 20.3 Å². The van der Waals surface area contributed by atoms with E-state index in [2.05, 4.69) is 10.0 Å². The van der Waals surface area contributed by atoms with Gasteiger partial charge in [-0.25, -0.2) is 13.1 Å². The van der Waals surface area contributed by atoms with Gasteiger partial charge in [0.05, 0.1) is 32.0 Å². The number of aliphatic hydroxyl groups is 1. The molecule has 3 atom stereocenters. The lowest BCUT2D eigenvalue weighted by molar-refractivity contribution is -0.125. The first-order valence-corrected chi connectivity index (χ1v) is 12.1. The van der Waals surface area contributed by atoms with Crippen LogP contribution >= 0.6 is 0 Å². The molecule has 2 aliphatic rings. The zero-order valence-corrected chi connectivity index (χ0v) is 18.2. The van der Waals surface area contributed by atoms with E-state index < -0.39 is 22.2 Å². The average molecular weight is 441 g/mol. The molecule has 3 N–H and O–H groups in total. The molecule has 1 aromatic rings. The van der Waals surface area contributed by atoms with Crippen LogP contribution in [0.5, 0.6) is 5.75 Å². The van der Waals surface area contributed by atoms with Gasteiger partial charge in [0, 0.05) is 12.5 Å². The van der Waals surface area contributed by atoms with Gasteiger partial charge in [0.15, 0.2) is 0 Å². The Hall–Kier alpha value is -1.68. The number of nitrogens with one attached hydrogen (secondary N) is 2. The molecule has 0 bridgehead atoms. The van der Waals surface area contributed by atoms with E-state index in [1.807, 2.05) is 0 Å². The molecule has 0 spiro atoms. The largest absolute Gasteiger partial charge is 0.495 e. The van der Waals surface area contributed by atoms with E-state index in [0.717, 1.165) is 25.7 Å². The van der Waals surface area contributed by atoms with Crippen molar-refractivity contribution in [2.24, 2.45) is 5.92 Å². The van der Waals surface area contributed by atoms with Gasteiger partial charge in [0.25, 0.3) is 0 Å². The molecule has 1 amide bonds. The Kier molecular flexibility index (Phi) is 8.10. The van der Waals surface area contributed by atoms with Gasteiger partial charge in [0.1, 0.15) is 10.6 Å². The molecule has 3 rings (SSSR count). The Balaban J connectivity index is 1.52. The summed E-state index contributed by atoms with van der Waals surface area (Å²) >= 11 is 0. The number of hydrogen-bond acceptors (Lipinski definition) is 6. The molecule has 1 saturated heterocycles. The van der Waals surface area contributed by atoms with E-state index in [9.17, 15) is 18.3 Å². The van der Waals surface area contributed by atoms with E-state index in [1.54, 1.807) is 18.2 Å². The predicted octanol–water partition coefficient (Wildman–Crippen LogP) is 1.58. The third kappa shape index (κ3) is 5.72. The summed E-state index contributed by atoms with van der Waals surface area (Å²) in [7, 11) is -2.40. The van der Waals surface area contributed by atoms with Crippen molar-refractivity contribution in [3.05, 3.63) is 24.3 Å². The van der Waals surface area contributed by atoms with E-state index in [-0.39, 0.29) is 35.2 Å². The second-order valence-electron chi connectivity index (χ2n) is 8.00. The second kappa shape index (κ2) is 10.6. The lowest BCUT2D eigenvalue weighted by Crippen LogP contribution is -2.51. The Labute approximate surface area is 178 Å². The SMILES string of the molecule is COc1ccccc1S(=O)(=O)N[C@H]1CC[C@H](CCNC(=O)C2CCCC2)O[C@H]1CO. The van der Waals surface area contributed by atoms with Crippen LogP contribution in [0.1, 0.15) is 44.9 Å². The summed E-state index contributed by atoms with van der Waals surface area (Å²) in [5, 5.41) is 12.7. The zero-order valence-electron chi connectivity index (χ0n) is 17.4. The first kappa shape index (κ1) is 23.0. The summed E-state index contributed by atoms with van der Waals surface area (Å²) in [6.07, 6.45) is 5.23. The summed E-state index contributed by atoms with van der Waals surface area (Å²) in [5.41, 5.74) is 0. The maximum absolute atomic E-state index is 12.8. The van der Waals surface area contributed by atoms with Gasteiger partial charge < -0.3 is 19.9 Å². The number of hydrogen-bond donors (Lipinski definition) is 3. The number of methoxy groups -OCH3 is 1. The van der Waals surface area contributed by atoms with Crippen molar-refractivity contribution in [1.82, 2.24) is 10.0 Å². The minimum absolute atomic E-state index is 0.0564. The Morgan fingerprint density at radius 2 is 1.93 bits per heavy atom. The van der Waals surface area contributed by atoms with Crippen LogP contribution in [-0.2, 0) is 19.6 Å². The molecular formula is C21H32N2O6S. The molecule has 1 aliphatic carbocycles. The van der Waals surface area contributed by atoms with Crippen LogP contribution in [0.2, 0.25) is 0 Å². The fourth-order valence-corrected chi connectivity index (χ4v) is 5.74. The van der Waals surface area contributed by atoms with Gasteiger partial charge in [-0.2, -0.15) is 0 Å². The summed E-state index contributed by atoms with van der Waals surface area (Å²) in [6, 6.07) is 5.87. The smallest absolute Gasteiger partial charge is 0.244 e. The summed E-state index contributed by atoms with van der Waals surface area (Å²) < 4.78 is 39.4. The standard InChI is InChI=1S/C21H32N2O6S/c1-28-18-8-4-5-9-20(18)30(26,27)23-17-11-10-16(29-19(17)14-24)12-13-22-21(25)15-6-2-3-7-15/h4-5,8-9,15-17,19,23-24H,2-3,6-7,10-14H2,1H3,(H,22,25)/t16-,17+,19+/m1/s1. The number of carbonyl (C=O) groups excluding carboxylic acids is 1. The second-order valence-corrected chi connectivity index (χ2v) is 9.68.